The molecule has 0 aromatic heterocycles. The van der Waals surface area contributed by atoms with Crippen molar-refractivity contribution in [1.82, 2.24) is 5.32 Å². The molecule has 1 saturated carbocycles. The van der Waals surface area contributed by atoms with Gasteiger partial charge in [-0.2, -0.15) is 0 Å². The molecule has 1 aromatic carbocycles. The molecular weight excluding hydrogens is 282 g/mol. The zero-order valence-electron chi connectivity index (χ0n) is 13.1. The van der Waals surface area contributed by atoms with Crippen molar-refractivity contribution in [2.75, 3.05) is 7.11 Å². The van der Waals surface area contributed by atoms with Gasteiger partial charge in [0.25, 0.3) is 5.91 Å². The molecule has 120 valence electrons. The maximum Gasteiger partial charge on any atom is 0.308 e. The average Bonchev–Trinajstić information content (AvgIpc) is 2.48. The summed E-state index contributed by atoms with van der Waals surface area (Å²) in [4.78, 5) is 23.9. The van der Waals surface area contributed by atoms with Crippen molar-refractivity contribution in [2.45, 2.75) is 44.8 Å². The van der Waals surface area contributed by atoms with Crippen molar-refractivity contribution >= 4 is 11.9 Å². The number of rotatable bonds is 5. The minimum atomic E-state index is -0.835. The number of benzene rings is 1. The Kier molecular flexibility index (Phi) is 5.19. The van der Waals surface area contributed by atoms with Crippen LogP contribution >= 0.6 is 0 Å². The molecule has 1 aliphatic rings. The summed E-state index contributed by atoms with van der Waals surface area (Å²) in [6.07, 6.45) is 3.14. The fourth-order valence-corrected chi connectivity index (χ4v) is 3.13. The number of carbonyl (C=O) groups excluding carboxylic acids is 1. The molecule has 0 heterocycles. The van der Waals surface area contributed by atoms with Gasteiger partial charge in [-0.3, -0.25) is 9.59 Å². The maximum absolute atomic E-state index is 12.4. The zero-order valence-corrected chi connectivity index (χ0v) is 13.1. The number of hydrogen-bond acceptors (Lipinski definition) is 3. The highest BCUT2D eigenvalue weighted by molar-refractivity contribution is 5.95. The van der Waals surface area contributed by atoms with E-state index in [2.05, 4.69) is 5.32 Å². The van der Waals surface area contributed by atoms with Crippen LogP contribution in [0.15, 0.2) is 24.3 Å². The number of carboxylic acids is 1. The minimum absolute atomic E-state index is 0.223. The summed E-state index contributed by atoms with van der Waals surface area (Å²) in [6.45, 7) is 2.34. The highest BCUT2D eigenvalue weighted by atomic mass is 16.5. The van der Waals surface area contributed by atoms with Crippen LogP contribution in [0.5, 0.6) is 0 Å². The summed E-state index contributed by atoms with van der Waals surface area (Å²) in [5.74, 6) is -1.59. The molecule has 2 unspecified atom stereocenters. The number of methoxy groups -OCH3 is 1. The van der Waals surface area contributed by atoms with Crippen molar-refractivity contribution < 1.29 is 19.4 Å². The number of amides is 1. The maximum atomic E-state index is 12.4. The number of carbonyl (C=O) groups is 2. The largest absolute Gasteiger partial charge is 0.481 e. The van der Waals surface area contributed by atoms with Crippen LogP contribution in [-0.2, 0) is 16.1 Å². The van der Waals surface area contributed by atoms with Gasteiger partial charge >= 0.3 is 5.97 Å². The van der Waals surface area contributed by atoms with Gasteiger partial charge in [0, 0.05) is 12.7 Å². The van der Waals surface area contributed by atoms with E-state index in [9.17, 15) is 14.7 Å². The molecule has 1 fully saturated rings. The van der Waals surface area contributed by atoms with E-state index in [1.807, 2.05) is 19.1 Å². The van der Waals surface area contributed by atoms with Gasteiger partial charge in [-0.15, -0.1) is 0 Å². The van der Waals surface area contributed by atoms with E-state index >= 15 is 0 Å². The minimum Gasteiger partial charge on any atom is -0.481 e. The second kappa shape index (κ2) is 6.92. The first-order valence-corrected chi connectivity index (χ1v) is 7.59. The first-order valence-electron chi connectivity index (χ1n) is 7.59. The Balaban J connectivity index is 2.10. The predicted molar refractivity (Wildman–Crippen MR) is 82.6 cm³/mol. The molecule has 1 aromatic rings. The topological polar surface area (TPSA) is 75.6 Å². The van der Waals surface area contributed by atoms with Crippen molar-refractivity contribution in [2.24, 2.45) is 5.92 Å². The van der Waals surface area contributed by atoms with Crippen LogP contribution in [0.4, 0.5) is 0 Å². The van der Waals surface area contributed by atoms with E-state index in [0.29, 0.717) is 25.0 Å². The standard InChI is InChI=1S/C17H23NO4/c1-17(10-4-3-5-14(17)16(20)21)18-15(19)13-8-6-12(7-9-13)11-22-2/h6-9,14H,3-5,10-11H2,1-2H3,(H,18,19)(H,20,21). The van der Waals surface area contributed by atoms with Crippen LogP contribution in [0.1, 0.15) is 48.5 Å². The van der Waals surface area contributed by atoms with E-state index < -0.39 is 17.4 Å². The van der Waals surface area contributed by atoms with Gasteiger partial charge in [0.1, 0.15) is 0 Å². The smallest absolute Gasteiger partial charge is 0.308 e. The molecule has 2 rings (SSSR count). The SMILES string of the molecule is COCc1ccc(C(=O)NC2(C)CCCCC2C(=O)O)cc1. The average molecular weight is 305 g/mol. The molecule has 1 aliphatic carbocycles. The molecule has 0 aliphatic heterocycles. The van der Waals surface area contributed by atoms with Gasteiger partial charge in [0.15, 0.2) is 0 Å². The highest BCUT2D eigenvalue weighted by Gasteiger charge is 2.42. The van der Waals surface area contributed by atoms with E-state index in [-0.39, 0.29) is 5.91 Å². The molecule has 22 heavy (non-hydrogen) atoms. The predicted octanol–water partition coefficient (Wildman–Crippen LogP) is 2.60. The fraction of sp³-hybridized carbons (Fsp3) is 0.529. The first kappa shape index (κ1) is 16.5. The lowest BCUT2D eigenvalue weighted by Crippen LogP contribution is -2.55. The first-order chi connectivity index (χ1) is 10.5. The van der Waals surface area contributed by atoms with Gasteiger partial charge in [-0.05, 0) is 37.5 Å². The van der Waals surface area contributed by atoms with Gasteiger partial charge in [0.2, 0.25) is 0 Å². The number of carboxylic acid groups (broad SMARTS) is 1. The van der Waals surface area contributed by atoms with Gasteiger partial charge in [0.05, 0.1) is 18.1 Å². The fourth-order valence-electron chi connectivity index (χ4n) is 3.13. The normalized spacial score (nSPS) is 24.7. The van der Waals surface area contributed by atoms with Crippen LogP contribution in [0.3, 0.4) is 0 Å². The highest BCUT2D eigenvalue weighted by Crippen LogP contribution is 2.34. The van der Waals surface area contributed by atoms with E-state index in [4.69, 9.17) is 4.74 Å². The third-order valence-electron chi connectivity index (χ3n) is 4.43. The molecule has 2 atom stereocenters. The quantitative estimate of drug-likeness (QED) is 0.876. The monoisotopic (exact) mass is 305 g/mol. The Morgan fingerprint density at radius 3 is 2.59 bits per heavy atom. The Bertz CT molecular complexity index is 540. The second-order valence-corrected chi connectivity index (χ2v) is 6.14. The Hall–Kier alpha value is -1.88. The number of ether oxygens (including phenoxy) is 1. The lowest BCUT2D eigenvalue weighted by atomic mass is 9.73. The summed E-state index contributed by atoms with van der Waals surface area (Å²) in [7, 11) is 1.62. The van der Waals surface area contributed by atoms with Crippen molar-refractivity contribution in [3.63, 3.8) is 0 Å². The van der Waals surface area contributed by atoms with Crippen LogP contribution in [0.2, 0.25) is 0 Å². The molecule has 5 heteroatoms. The summed E-state index contributed by atoms with van der Waals surface area (Å²) in [5.41, 5.74) is 0.842. The number of aliphatic carboxylic acids is 1. The lowest BCUT2D eigenvalue weighted by molar-refractivity contribution is -0.145. The van der Waals surface area contributed by atoms with E-state index in [0.717, 1.165) is 18.4 Å². The summed E-state index contributed by atoms with van der Waals surface area (Å²) in [5, 5.41) is 12.3. The third-order valence-corrected chi connectivity index (χ3v) is 4.43. The summed E-state index contributed by atoms with van der Waals surface area (Å²) >= 11 is 0. The molecule has 0 radical (unpaired) electrons. The van der Waals surface area contributed by atoms with E-state index in [1.54, 1.807) is 19.2 Å². The summed E-state index contributed by atoms with van der Waals surface area (Å²) in [6, 6.07) is 7.17. The molecule has 1 amide bonds. The van der Waals surface area contributed by atoms with Gasteiger partial charge < -0.3 is 15.2 Å². The Morgan fingerprint density at radius 2 is 2.00 bits per heavy atom. The molecule has 2 N–H and O–H groups in total. The van der Waals surface area contributed by atoms with Crippen molar-refractivity contribution in [3.05, 3.63) is 35.4 Å². The molecule has 0 spiro atoms. The van der Waals surface area contributed by atoms with Crippen LogP contribution in [0.25, 0.3) is 0 Å². The molecule has 5 nitrogen and oxygen atoms in total. The zero-order chi connectivity index (χ0) is 16.2. The van der Waals surface area contributed by atoms with Crippen LogP contribution in [0, 0.1) is 5.92 Å². The molecule has 0 saturated heterocycles. The van der Waals surface area contributed by atoms with Crippen LogP contribution in [-0.4, -0.2) is 29.6 Å². The molecular formula is C17H23NO4. The Labute approximate surface area is 130 Å². The van der Waals surface area contributed by atoms with Gasteiger partial charge in [-0.1, -0.05) is 25.0 Å². The third kappa shape index (κ3) is 3.65. The van der Waals surface area contributed by atoms with Crippen LogP contribution < -0.4 is 5.32 Å². The van der Waals surface area contributed by atoms with E-state index in [1.165, 1.54) is 0 Å². The summed E-state index contributed by atoms with van der Waals surface area (Å²) < 4.78 is 5.04. The number of hydrogen-bond donors (Lipinski definition) is 2. The second-order valence-electron chi connectivity index (χ2n) is 6.14. The lowest BCUT2D eigenvalue weighted by Gasteiger charge is -2.39. The Morgan fingerprint density at radius 1 is 1.32 bits per heavy atom. The molecule has 0 bridgehead atoms. The van der Waals surface area contributed by atoms with Crippen molar-refractivity contribution in [1.29, 1.82) is 0 Å². The van der Waals surface area contributed by atoms with Crippen molar-refractivity contribution in [3.8, 4) is 0 Å². The number of nitrogens with one attached hydrogen (secondary N) is 1. The van der Waals surface area contributed by atoms with Gasteiger partial charge in [-0.25, -0.2) is 0 Å².